The number of amides is 1. The quantitative estimate of drug-likeness (QED) is 0.558. The van der Waals surface area contributed by atoms with Crippen LogP contribution in [0.2, 0.25) is 0 Å². The molecule has 0 aliphatic heterocycles. The summed E-state index contributed by atoms with van der Waals surface area (Å²) in [6.45, 7) is 7.66. The fourth-order valence-corrected chi connectivity index (χ4v) is 4.16. The van der Waals surface area contributed by atoms with Crippen molar-refractivity contribution in [3.63, 3.8) is 0 Å². The van der Waals surface area contributed by atoms with Gasteiger partial charge in [0, 0.05) is 11.4 Å². The van der Waals surface area contributed by atoms with E-state index in [-0.39, 0.29) is 17.4 Å². The molecule has 7 heteroatoms. The van der Waals surface area contributed by atoms with Gasteiger partial charge in [0.05, 0.1) is 4.90 Å². The Morgan fingerprint density at radius 3 is 2.06 bits per heavy atom. The third-order valence-corrected chi connectivity index (χ3v) is 6.17. The minimum atomic E-state index is -3.73. The molecule has 0 aliphatic carbocycles. The summed E-state index contributed by atoms with van der Waals surface area (Å²) in [6.07, 6.45) is 0. The van der Waals surface area contributed by atoms with Gasteiger partial charge in [-0.2, -0.15) is 0 Å². The first kappa shape index (κ1) is 22.4. The van der Waals surface area contributed by atoms with E-state index in [1.54, 1.807) is 24.3 Å². The zero-order valence-electron chi connectivity index (χ0n) is 18.0. The Morgan fingerprint density at radius 1 is 0.806 bits per heavy atom. The van der Waals surface area contributed by atoms with Gasteiger partial charge in [-0.1, -0.05) is 12.1 Å². The smallest absolute Gasteiger partial charge is 0.262 e. The van der Waals surface area contributed by atoms with Crippen LogP contribution >= 0.6 is 0 Å². The molecular formula is C24H26N2O4S. The molecule has 0 spiro atoms. The summed E-state index contributed by atoms with van der Waals surface area (Å²) >= 11 is 0. The van der Waals surface area contributed by atoms with Crippen LogP contribution in [0, 0.1) is 27.7 Å². The molecule has 0 aromatic heterocycles. The molecular weight excluding hydrogens is 412 g/mol. The summed E-state index contributed by atoms with van der Waals surface area (Å²) in [5.41, 5.74) is 5.18. The van der Waals surface area contributed by atoms with Crippen LogP contribution in [0.15, 0.2) is 65.6 Å². The lowest BCUT2D eigenvalue weighted by Crippen LogP contribution is -2.20. The molecule has 0 saturated carbocycles. The number of nitrogens with one attached hydrogen (secondary N) is 2. The van der Waals surface area contributed by atoms with Crippen LogP contribution in [0.25, 0.3) is 0 Å². The minimum Gasteiger partial charge on any atom is -0.484 e. The fraction of sp³-hybridized carbons (Fsp3) is 0.208. The molecule has 31 heavy (non-hydrogen) atoms. The summed E-state index contributed by atoms with van der Waals surface area (Å²) < 4.78 is 33.4. The van der Waals surface area contributed by atoms with Crippen LogP contribution in [0.5, 0.6) is 5.75 Å². The summed E-state index contributed by atoms with van der Waals surface area (Å²) in [5.74, 6) is 0.291. The lowest BCUT2D eigenvalue weighted by molar-refractivity contribution is -0.118. The van der Waals surface area contributed by atoms with Gasteiger partial charge in [-0.15, -0.1) is 0 Å². The normalized spacial score (nSPS) is 11.1. The molecule has 0 aliphatic rings. The van der Waals surface area contributed by atoms with Gasteiger partial charge in [-0.3, -0.25) is 9.52 Å². The molecule has 3 aromatic rings. The van der Waals surface area contributed by atoms with Gasteiger partial charge in [0.15, 0.2) is 6.61 Å². The van der Waals surface area contributed by atoms with E-state index in [4.69, 9.17) is 4.74 Å². The highest BCUT2D eigenvalue weighted by Crippen LogP contribution is 2.21. The lowest BCUT2D eigenvalue weighted by Gasteiger charge is -2.11. The molecule has 2 N–H and O–H groups in total. The molecule has 1 amide bonds. The standard InChI is InChI=1S/C24H26N2O4S/c1-16-11-17(2)13-21(12-16)26-31(28,29)23-9-6-20(7-10-23)25-24(27)15-30-22-8-5-18(3)19(4)14-22/h5-14,26H,15H2,1-4H3,(H,25,27). The number of ether oxygens (including phenoxy) is 1. The van der Waals surface area contributed by atoms with Gasteiger partial charge >= 0.3 is 0 Å². The first-order chi connectivity index (χ1) is 14.6. The predicted molar refractivity (Wildman–Crippen MR) is 123 cm³/mol. The van der Waals surface area contributed by atoms with Crippen molar-refractivity contribution in [2.24, 2.45) is 0 Å². The first-order valence-corrected chi connectivity index (χ1v) is 11.3. The molecule has 0 radical (unpaired) electrons. The van der Waals surface area contributed by atoms with Crippen molar-refractivity contribution in [3.8, 4) is 5.75 Å². The monoisotopic (exact) mass is 438 g/mol. The lowest BCUT2D eigenvalue weighted by atomic mass is 10.1. The average Bonchev–Trinajstić information content (AvgIpc) is 2.68. The number of benzene rings is 3. The predicted octanol–water partition coefficient (Wildman–Crippen LogP) is 4.74. The molecule has 0 fully saturated rings. The second-order valence-electron chi connectivity index (χ2n) is 7.59. The van der Waals surface area contributed by atoms with E-state index >= 15 is 0 Å². The van der Waals surface area contributed by atoms with Crippen LogP contribution in [-0.2, 0) is 14.8 Å². The van der Waals surface area contributed by atoms with Gasteiger partial charge in [0.1, 0.15) is 5.75 Å². The fourth-order valence-electron chi connectivity index (χ4n) is 3.11. The Bertz CT molecular complexity index is 1180. The van der Waals surface area contributed by atoms with E-state index in [1.807, 2.05) is 52.0 Å². The van der Waals surface area contributed by atoms with Crippen molar-refractivity contribution in [2.75, 3.05) is 16.6 Å². The Labute approximate surface area is 183 Å². The maximum atomic E-state index is 12.7. The highest BCUT2D eigenvalue weighted by atomic mass is 32.2. The number of sulfonamides is 1. The van der Waals surface area contributed by atoms with Crippen LogP contribution in [0.3, 0.4) is 0 Å². The van der Waals surface area contributed by atoms with Crippen molar-refractivity contribution in [3.05, 3.63) is 82.9 Å². The van der Waals surface area contributed by atoms with Gasteiger partial charge in [-0.25, -0.2) is 8.42 Å². The molecule has 0 heterocycles. The molecule has 0 unspecified atom stereocenters. The van der Waals surface area contributed by atoms with Crippen molar-refractivity contribution >= 4 is 27.3 Å². The number of rotatable bonds is 7. The Hall–Kier alpha value is -3.32. The Morgan fingerprint density at radius 2 is 1.45 bits per heavy atom. The van der Waals surface area contributed by atoms with Crippen molar-refractivity contribution in [1.82, 2.24) is 0 Å². The van der Waals surface area contributed by atoms with Crippen LogP contribution in [-0.4, -0.2) is 20.9 Å². The first-order valence-electron chi connectivity index (χ1n) is 9.83. The van der Waals surface area contributed by atoms with Gasteiger partial charge in [0.25, 0.3) is 15.9 Å². The number of anilines is 2. The van der Waals surface area contributed by atoms with E-state index in [1.165, 1.54) is 12.1 Å². The second kappa shape index (κ2) is 9.22. The minimum absolute atomic E-state index is 0.107. The van der Waals surface area contributed by atoms with E-state index in [2.05, 4.69) is 10.0 Å². The van der Waals surface area contributed by atoms with Crippen molar-refractivity contribution in [1.29, 1.82) is 0 Å². The van der Waals surface area contributed by atoms with Crippen molar-refractivity contribution in [2.45, 2.75) is 32.6 Å². The zero-order chi connectivity index (χ0) is 22.6. The largest absolute Gasteiger partial charge is 0.484 e. The number of carbonyl (C=O) groups excluding carboxylic acids is 1. The highest BCUT2D eigenvalue weighted by Gasteiger charge is 2.15. The molecule has 0 atom stereocenters. The number of carbonyl (C=O) groups is 1. The molecule has 162 valence electrons. The molecule has 6 nitrogen and oxygen atoms in total. The van der Waals surface area contributed by atoms with E-state index in [0.29, 0.717) is 17.1 Å². The maximum absolute atomic E-state index is 12.7. The van der Waals surface area contributed by atoms with Gasteiger partial charge in [-0.05, 0) is 98.5 Å². The highest BCUT2D eigenvalue weighted by molar-refractivity contribution is 7.92. The van der Waals surface area contributed by atoms with E-state index < -0.39 is 10.0 Å². The Kier molecular flexibility index (Phi) is 6.65. The molecule has 3 rings (SSSR count). The topological polar surface area (TPSA) is 84.5 Å². The molecule has 0 saturated heterocycles. The summed E-state index contributed by atoms with van der Waals surface area (Å²) in [6, 6.07) is 17.1. The number of hydrogen-bond donors (Lipinski definition) is 2. The summed E-state index contributed by atoms with van der Waals surface area (Å²) in [7, 11) is -3.73. The van der Waals surface area contributed by atoms with Gasteiger partial charge in [0.2, 0.25) is 0 Å². The van der Waals surface area contributed by atoms with Crippen molar-refractivity contribution < 1.29 is 17.9 Å². The van der Waals surface area contributed by atoms with Crippen LogP contribution < -0.4 is 14.8 Å². The van der Waals surface area contributed by atoms with E-state index in [9.17, 15) is 13.2 Å². The second-order valence-corrected chi connectivity index (χ2v) is 9.27. The third-order valence-electron chi connectivity index (χ3n) is 4.77. The Balaban J connectivity index is 1.61. The van der Waals surface area contributed by atoms with Gasteiger partial charge < -0.3 is 10.1 Å². The van der Waals surface area contributed by atoms with E-state index in [0.717, 1.165) is 22.3 Å². The summed E-state index contributed by atoms with van der Waals surface area (Å²) in [4.78, 5) is 12.3. The third kappa shape index (κ3) is 6.08. The number of hydrogen-bond acceptors (Lipinski definition) is 4. The number of aryl methyl sites for hydroxylation is 4. The SMILES string of the molecule is Cc1cc(C)cc(NS(=O)(=O)c2ccc(NC(=O)COc3ccc(C)c(C)c3)cc2)c1. The van der Waals surface area contributed by atoms with Crippen LogP contribution in [0.1, 0.15) is 22.3 Å². The molecule has 3 aromatic carbocycles. The molecule has 0 bridgehead atoms. The van der Waals surface area contributed by atoms with Crippen LogP contribution in [0.4, 0.5) is 11.4 Å². The zero-order valence-corrected chi connectivity index (χ0v) is 18.8. The maximum Gasteiger partial charge on any atom is 0.262 e. The average molecular weight is 439 g/mol. The summed E-state index contributed by atoms with van der Waals surface area (Å²) in [5, 5.41) is 2.70.